The molecule has 1 saturated heterocycles. The van der Waals surface area contributed by atoms with Crippen LogP contribution in [0, 0.1) is 0 Å². The van der Waals surface area contributed by atoms with Gasteiger partial charge in [0.15, 0.2) is 0 Å². The zero-order chi connectivity index (χ0) is 18.7. The minimum absolute atomic E-state index is 0.0409. The summed E-state index contributed by atoms with van der Waals surface area (Å²) in [5, 5.41) is 3.77. The van der Waals surface area contributed by atoms with E-state index in [1.54, 1.807) is 0 Å². The number of morpholine rings is 1. The van der Waals surface area contributed by atoms with Crippen LogP contribution in [-0.4, -0.2) is 30.6 Å². The molecule has 0 spiro atoms. The third-order valence-corrected chi connectivity index (χ3v) is 4.82. The standard InChI is InChI=1S/C21H25ClN2O2/c1-21(2,3)17-6-4-5-7-18(17)23-20(25)24-12-13-26-19(14-24)15-8-10-16(22)11-9-15/h4-11,19H,12-14H2,1-3H3,(H,23,25). The molecule has 2 amide bonds. The lowest BCUT2D eigenvalue weighted by Crippen LogP contribution is -2.44. The van der Waals surface area contributed by atoms with Crippen molar-refractivity contribution in [2.24, 2.45) is 0 Å². The van der Waals surface area contributed by atoms with Crippen LogP contribution in [0.5, 0.6) is 0 Å². The highest BCUT2D eigenvalue weighted by Crippen LogP contribution is 2.30. The Bertz CT molecular complexity index is 768. The second-order valence-corrected chi connectivity index (χ2v) is 8.02. The number of benzene rings is 2. The molecule has 1 aliphatic rings. The number of hydrogen-bond donors (Lipinski definition) is 1. The summed E-state index contributed by atoms with van der Waals surface area (Å²) in [7, 11) is 0. The van der Waals surface area contributed by atoms with Gasteiger partial charge in [-0.3, -0.25) is 0 Å². The van der Waals surface area contributed by atoms with Crippen molar-refractivity contribution in [1.82, 2.24) is 4.90 Å². The van der Waals surface area contributed by atoms with Crippen LogP contribution in [0.15, 0.2) is 48.5 Å². The summed E-state index contributed by atoms with van der Waals surface area (Å²) in [5.41, 5.74) is 2.97. The summed E-state index contributed by atoms with van der Waals surface area (Å²) in [6.07, 6.45) is -0.135. The van der Waals surface area contributed by atoms with E-state index in [1.165, 1.54) is 0 Å². The smallest absolute Gasteiger partial charge is 0.322 e. The van der Waals surface area contributed by atoms with Gasteiger partial charge >= 0.3 is 6.03 Å². The van der Waals surface area contributed by atoms with Gasteiger partial charge in [0.2, 0.25) is 0 Å². The zero-order valence-corrected chi connectivity index (χ0v) is 16.2. The molecule has 1 N–H and O–H groups in total. The van der Waals surface area contributed by atoms with Crippen LogP contribution in [0.1, 0.15) is 38.0 Å². The Kier molecular flexibility index (Phi) is 5.54. The number of para-hydroxylation sites is 1. The van der Waals surface area contributed by atoms with E-state index >= 15 is 0 Å². The highest BCUT2D eigenvalue weighted by Gasteiger charge is 2.26. The van der Waals surface area contributed by atoms with Crippen LogP contribution in [-0.2, 0) is 10.2 Å². The van der Waals surface area contributed by atoms with Gasteiger partial charge in [0.05, 0.1) is 13.2 Å². The summed E-state index contributed by atoms with van der Waals surface area (Å²) in [6, 6.07) is 15.5. The molecule has 1 heterocycles. The number of rotatable bonds is 2. The van der Waals surface area contributed by atoms with Crippen molar-refractivity contribution >= 4 is 23.3 Å². The monoisotopic (exact) mass is 372 g/mol. The molecular formula is C21H25ClN2O2. The van der Waals surface area contributed by atoms with Gasteiger partial charge in [-0.15, -0.1) is 0 Å². The summed E-state index contributed by atoms with van der Waals surface area (Å²) in [4.78, 5) is 14.6. The number of urea groups is 1. The molecule has 3 rings (SSSR count). The molecule has 0 radical (unpaired) electrons. The summed E-state index contributed by atoms with van der Waals surface area (Å²) >= 11 is 5.96. The number of carbonyl (C=O) groups excluding carboxylic acids is 1. The van der Waals surface area contributed by atoms with Crippen molar-refractivity contribution in [3.63, 3.8) is 0 Å². The van der Waals surface area contributed by atoms with Crippen molar-refractivity contribution in [2.45, 2.75) is 32.3 Å². The molecule has 138 valence electrons. The lowest BCUT2D eigenvalue weighted by Gasteiger charge is -2.33. The molecule has 2 aromatic carbocycles. The molecule has 4 nitrogen and oxygen atoms in total. The predicted octanol–water partition coefficient (Wildman–Crippen LogP) is 5.24. The molecule has 1 fully saturated rings. The number of ether oxygens (including phenoxy) is 1. The summed E-state index contributed by atoms with van der Waals surface area (Å²) < 4.78 is 5.85. The molecule has 5 heteroatoms. The molecule has 1 atom stereocenters. The third-order valence-electron chi connectivity index (χ3n) is 4.57. The van der Waals surface area contributed by atoms with Crippen LogP contribution in [0.25, 0.3) is 0 Å². The second kappa shape index (κ2) is 7.68. The minimum Gasteiger partial charge on any atom is -0.370 e. The lowest BCUT2D eigenvalue weighted by molar-refractivity contribution is -0.0135. The molecule has 1 unspecified atom stereocenters. The highest BCUT2D eigenvalue weighted by atomic mass is 35.5. The first-order valence-corrected chi connectivity index (χ1v) is 9.25. The number of amides is 2. The number of hydrogen-bond acceptors (Lipinski definition) is 2. The van der Waals surface area contributed by atoms with Crippen LogP contribution >= 0.6 is 11.6 Å². The van der Waals surface area contributed by atoms with Crippen molar-refractivity contribution in [1.29, 1.82) is 0 Å². The van der Waals surface area contributed by atoms with Crippen LogP contribution in [0.3, 0.4) is 0 Å². The van der Waals surface area contributed by atoms with Gasteiger partial charge in [-0.05, 0) is 34.7 Å². The average Bonchev–Trinajstić information content (AvgIpc) is 2.62. The third kappa shape index (κ3) is 4.37. The SMILES string of the molecule is CC(C)(C)c1ccccc1NC(=O)N1CCOC(c2ccc(Cl)cc2)C1. The fourth-order valence-corrected chi connectivity index (χ4v) is 3.28. The first-order chi connectivity index (χ1) is 12.3. The maximum Gasteiger partial charge on any atom is 0.322 e. The Morgan fingerprint density at radius 1 is 1.15 bits per heavy atom. The van der Waals surface area contributed by atoms with E-state index in [-0.39, 0.29) is 17.6 Å². The van der Waals surface area contributed by atoms with Gasteiger partial charge in [-0.2, -0.15) is 0 Å². The van der Waals surface area contributed by atoms with Gasteiger partial charge in [0.25, 0.3) is 0 Å². The molecule has 2 aromatic rings. The van der Waals surface area contributed by atoms with Crippen molar-refractivity contribution in [2.75, 3.05) is 25.0 Å². The number of anilines is 1. The lowest BCUT2D eigenvalue weighted by atomic mass is 9.86. The highest BCUT2D eigenvalue weighted by molar-refractivity contribution is 6.30. The Labute approximate surface area is 160 Å². The zero-order valence-electron chi connectivity index (χ0n) is 15.5. The van der Waals surface area contributed by atoms with E-state index in [9.17, 15) is 4.79 Å². The molecule has 1 aliphatic heterocycles. The number of carbonyl (C=O) groups is 1. The molecular weight excluding hydrogens is 348 g/mol. The largest absolute Gasteiger partial charge is 0.370 e. The molecule has 0 aromatic heterocycles. The van der Waals surface area contributed by atoms with Crippen LogP contribution < -0.4 is 5.32 Å². The molecule has 0 saturated carbocycles. The Hall–Kier alpha value is -2.04. The molecule has 0 aliphatic carbocycles. The first kappa shape index (κ1) is 18.7. The maximum absolute atomic E-state index is 12.8. The predicted molar refractivity (Wildman–Crippen MR) is 106 cm³/mol. The van der Waals surface area contributed by atoms with E-state index in [2.05, 4.69) is 32.2 Å². The Balaban J connectivity index is 1.71. The van der Waals surface area contributed by atoms with Gasteiger partial charge < -0.3 is 15.0 Å². The van der Waals surface area contributed by atoms with Crippen molar-refractivity contribution < 1.29 is 9.53 Å². The van der Waals surface area contributed by atoms with E-state index < -0.39 is 0 Å². The van der Waals surface area contributed by atoms with Crippen LogP contribution in [0.2, 0.25) is 5.02 Å². The number of nitrogens with zero attached hydrogens (tertiary/aromatic N) is 1. The van der Waals surface area contributed by atoms with Crippen LogP contribution in [0.4, 0.5) is 10.5 Å². The average molecular weight is 373 g/mol. The van der Waals surface area contributed by atoms with Gasteiger partial charge in [0.1, 0.15) is 6.10 Å². The Morgan fingerprint density at radius 3 is 2.54 bits per heavy atom. The number of nitrogens with one attached hydrogen (secondary N) is 1. The quantitative estimate of drug-likeness (QED) is 0.782. The topological polar surface area (TPSA) is 41.6 Å². The minimum atomic E-state index is -0.135. The maximum atomic E-state index is 12.8. The molecule has 0 bridgehead atoms. The fourth-order valence-electron chi connectivity index (χ4n) is 3.15. The van der Waals surface area contributed by atoms with E-state index in [4.69, 9.17) is 16.3 Å². The summed E-state index contributed by atoms with van der Waals surface area (Å²) in [6.45, 7) is 8.04. The first-order valence-electron chi connectivity index (χ1n) is 8.87. The second-order valence-electron chi connectivity index (χ2n) is 7.58. The Morgan fingerprint density at radius 2 is 1.85 bits per heavy atom. The summed E-state index contributed by atoms with van der Waals surface area (Å²) in [5.74, 6) is 0. The number of halogens is 1. The van der Waals surface area contributed by atoms with Gasteiger partial charge in [-0.1, -0.05) is 62.7 Å². The van der Waals surface area contributed by atoms with E-state index in [0.29, 0.717) is 24.7 Å². The van der Waals surface area contributed by atoms with Crippen molar-refractivity contribution in [3.8, 4) is 0 Å². The van der Waals surface area contributed by atoms with E-state index in [1.807, 2.05) is 47.4 Å². The molecule has 26 heavy (non-hydrogen) atoms. The van der Waals surface area contributed by atoms with Gasteiger partial charge in [-0.25, -0.2) is 4.79 Å². The normalized spacial score (nSPS) is 17.8. The van der Waals surface area contributed by atoms with E-state index in [0.717, 1.165) is 16.8 Å². The van der Waals surface area contributed by atoms with Crippen molar-refractivity contribution in [3.05, 3.63) is 64.7 Å². The fraction of sp³-hybridized carbons (Fsp3) is 0.381. The van der Waals surface area contributed by atoms with Gasteiger partial charge in [0, 0.05) is 17.3 Å².